The molecule has 1 N–H and O–H groups in total. The van der Waals surface area contributed by atoms with Gasteiger partial charge < -0.3 is 4.74 Å². The summed E-state index contributed by atoms with van der Waals surface area (Å²) in [6.07, 6.45) is 1.69. The standard InChI is InChI=1S/C20H17N3O2/c1-25-17-12-10-16(11-13-17)20(24)23-22-19(15-7-3-2-4-8-15)18-9-5-6-14-21-18/h2-14H,1H3,(H,23,24). The zero-order valence-corrected chi connectivity index (χ0v) is 13.7. The van der Waals surface area contributed by atoms with Crippen molar-refractivity contribution < 1.29 is 9.53 Å². The molecule has 1 aromatic heterocycles. The van der Waals surface area contributed by atoms with E-state index < -0.39 is 0 Å². The number of methoxy groups -OCH3 is 1. The minimum absolute atomic E-state index is 0.299. The molecule has 0 aliphatic heterocycles. The summed E-state index contributed by atoms with van der Waals surface area (Å²) in [6.45, 7) is 0. The van der Waals surface area contributed by atoms with Gasteiger partial charge in [-0.2, -0.15) is 5.10 Å². The molecule has 0 aliphatic rings. The molecular formula is C20H17N3O2. The lowest BCUT2D eigenvalue weighted by Crippen LogP contribution is -2.21. The minimum Gasteiger partial charge on any atom is -0.497 e. The van der Waals surface area contributed by atoms with E-state index in [-0.39, 0.29) is 5.91 Å². The lowest BCUT2D eigenvalue weighted by atomic mass is 10.1. The first-order chi connectivity index (χ1) is 12.3. The van der Waals surface area contributed by atoms with Gasteiger partial charge >= 0.3 is 0 Å². The number of aromatic nitrogens is 1. The molecule has 0 aliphatic carbocycles. The van der Waals surface area contributed by atoms with Crippen molar-refractivity contribution in [2.24, 2.45) is 5.10 Å². The molecule has 25 heavy (non-hydrogen) atoms. The number of hydrazone groups is 1. The van der Waals surface area contributed by atoms with E-state index in [0.717, 1.165) is 5.56 Å². The van der Waals surface area contributed by atoms with Crippen molar-refractivity contribution in [3.05, 3.63) is 95.8 Å². The van der Waals surface area contributed by atoms with Gasteiger partial charge in [0.1, 0.15) is 11.5 Å². The Hall–Kier alpha value is -3.47. The van der Waals surface area contributed by atoms with Crippen LogP contribution in [0.3, 0.4) is 0 Å². The number of ether oxygens (including phenoxy) is 1. The molecule has 0 bridgehead atoms. The highest BCUT2D eigenvalue weighted by atomic mass is 16.5. The van der Waals surface area contributed by atoms with Gasteiger partial charge in [-0.15, -0.1) is 0 Å². The van der Waals surface area contributed by atoms with Crippen molar-refractivity contribution >= 4 is 11.6 Å². The third kappa shape index (κ3) is 4.09. The first-order valence-electron chi connectivity index (χ1n) is 7.77. The quantitative estimate of drug-likeness (QED) is 0.576. The van der Waals surface area contributed by atoms with Crippen molar-refractivity contribution in [3.8, 4) is 5.75 Å². The normalized spacial score (nSPS) is 11.0. The number of nitrogens with zero attached hydrogens (tertiary/aromatic N) is 2. The van der Waals surface area contributed by atoms with Crippen LogP contribution in [-0.2, 0) is 0 Å². The van der Waals surface area contributed by atoms with Gasteiger partial charge in [-0.05, 0) is 36.4 Å². The summed E-state index contributed by atoms with van der Waals surface area (Å²) >= 11 is 0. The lowest BCUT2D eigenvalue weighted by molar-refractivity contribution is 0.0955. The van der Waals surface area contributed by atoms with E-state index in [2.05, 4.69) is 15.5 Å². The summed E-state index contributed by atoms with van der Waals surface area (Å²) in [7, 11) is 1.58. The van der Waals surface area contributed by atoms with Gasteiger partial charge in [-0.25, -0.2) is 5.43 Å². The Morgan fingerprint density at radius 3 is 2.28 bits per heavy atom. The Kier molecular flexibility index (Phi) is 5.16. The van der Waals surface area contributed by atoms with Crippen LogP contribution in [0.25, 0.3) is 0 Å². The second-order valence-electron chi connectivity index (χ2n) is 5.21. The number of carbonyl (C=O) groups is 1. The molecule has 5 nitrogen and oxygen atoms in total. The molecule has 1 amide bonds. The number of rotatable bonds is 5. The fourth-order valence-electron chi connectivity index (χ4n) is 2.28. The molecule has 0 radical (unpaired) electrons. The van der Waals surface area contributed by atoms with Gasteiger partial charge in [0.2, 0.25) is 0 Å². The first-order valence-corrected chi connectivity index (χ1v) is 7.77. The largest absolute Gasteiger partial charge is 0.497 e. The molecule has 3 aromatic rings. The van der Waals surface area contributed by atoms with Crippen molar-refractivity contribution in [3.63, 3.8) is 0 Å². The Labute approximate surface area is 146 Å². The van der Waals surface area contributed by atoms with Gasteiger partial charge in [0.05, 0.1) is 12.8 Å². The second kappa shape index (κ2) is 7.88. The second-order valence-corrected chi connectivity index (χ2v) is 5.21. The van der Waals surface area contributed by atoms with E-state index in [1.165, 1.54) is 0 Å². The molecule has 5 heteroatoms. The zero-order chi connectivity index (χ0) is 17.5. The Bertz CT molecular complexity index is 819. The number of nitrogens with one attached hydrogen (secondary N) is 1. The highest BCUT2D eigenvalue weighted by molar-refractivity contribution is 6.12. The molecule has 3 rings (SSSR count). The Morgan fingerprint density at radius 1 is 0.920 bits per heavy atom. The molecular weight excluding hydrogens is 314 g/mol. The molecule has 0 fully saturated rings. The van der Waals surface area contributed by atoms with Crippen molar-refractivity contribution in [2.45, 2.75) is 0 Å². The smallest absolute Gasteiger partial charge is 0.271 e. The van der Waals surface area contributed by atoms with E-state index in [0.29, 0.717) is 22.7 Å². The molecule has 0 unspecified atom stereocenters. The van der Waals surface area contributed by atoms with Crippen LogP contribution in [-0.4, -0.2) is 23.7 Å². The third-order valence-corrected chi connectivity index (χ3v) is 3.58. The summed E-state index contributed by atoms with van der Waals surface area (Å²) in [5.74, 6) is 0.394. The number of pyridine rings is 1. The first kappa shape index (κ1) is 16.4. The monoisotopic (exact) mass is 331 g/mol. The van der Waals surface area contributed by atoms with E-state index >= 15 is 0 Å². The van der Waals surface area contributed by atoms with Gasteiger partial charge in [0, 0.05) is 17.3 Å². The van der Waals surface area contributed by atoms with Gasteiger partial charge in [-0.1, -0.05) is 36.4 Å². The summed E-state index contributed by atoms with van der Waals surface area (Å²) in [6, 6.07) is 22.0. The molecule has 0 atom stereocenters. The predicted molar refractivity (Wildman–Crippen MR) is 96.8 cm³/mol. The summed E-state index contributed by atoms with van der Waals surface area (Å²) in [5.41, 5.74) is 5.26. The number of amides is 1. The van der Waals surface area contributed by atoms with Crippen LogP contribution >= 0.6 is 0 Å². The molecule has 124 valence electrons. The lowest BCUT2D eigenvalue weighted by Gasteiger charge is -2.07. The van der Waals surface area contributed by atoms with Crippen LogP contribution in [0.15, 0.2) is 84.1 Å². The van der Waals surface area contributed by atoms with E-state index in [1.54, 1.807) is 37.6 Å². The number of carbonyl (C=O) groups excluding carboxylic acids is 1. The van der Waals surface area contributed by atoms with Gasteiger partial charge in [0.15, 0.2) is 0 Å². The Morgan fingerprint density at radius 2 is 1.64 bits per heavy atom. The minimum atomic E-state index is -0.299. The van der Waals surface area contributed by atoms with Gasteiger partial charge in [0.25, 0.3) is 5.91 Å². The zero-order valence-electron chi connectivity index (χ0n) is 13.7. The number of hydrogen-bond donors (Lipinski definition) is 1. The number of hydrogen-bond acceptors (Lipinski definition) is 4. The topological polar surface area (TPSA) is 63.6 Å². The maximum Gasteiger partial charge on any atom is 0.271 e. The maximum absolute atomic E-state index is 12.3. The summed E-state index contributed by atoms with van der Waals surface area (Å²) in [4.78, 5) is 16.7. The SMILES string of the molecule is COc1ccc(C(=O)NN=C(c2ccccc2)c2ccccn2)cc1. The average Bonchev–Trinajstić information content (AvgIpc) is 2.70. The third-order valence-electron chi connectivity index (χ3n) is 3.58. The molecule has 2 aromatic carbocycles. The van der Waals surface area contributed by atoms with E-state index in [4.69, 9.17) is 4.74 Å². The highest BCUT2D eigenvalue weighted by Gasteiger charge is 2.10. The van der Waals surface area contributed by atoms with Crippen LogP contribution in [0.2, 0.25) is 0 Å². The number of benzene rings is 2. The fraction of sp³-hybridized carbons (Fsp3) is 0.0500. The predicted octanol–water partition coefficient (Wildman–Crippen LogP) is 3.27. The van der Waals surface area contributed by atoms with Gasteiger partial charge in [-0.3, -0.25) is 9.78 Å². The van der Waals surface area contributed by atoms with Crippen LogP contribution in [0, 0.1) is 0 Å². The molecule has 1 heterocycles. The molecule has 0 saturated heterocycles. The van der Waals surface area contributed by atoms with E-state index in [1.807, 2.05) is 48.5 Å². The van der Waals surface area contributed by atoms with Crippen molar-refractivity contribution in [1.29, 1.82) is 0 Å². The van der Waals surface area contributed by atoms with E-state index in [9.17, 15) is 4.79 Å². The van der Waals surface area contributed by atoms with Crippen LogP contribution in [0.1, 0.15) is 21.6 Å². The molecule has 0 spiro atoms. The van der Waals surface area contributed by atoms with Crippen LogP contribution in [0.4, 0.5) is 0 Å². The van der Waals surface area contributed by atoms with Crippen molar-refractivity contribution in [2.75, 3.05) is 7.11 Å². The summed E-state index contributed by atoms with van der Waals surface area (Å²) < 4.78 is 5.10. The average molecular weight is 331 g/mol. The van der Waals surface area contributed by atoms with Crippen LogP contribution < -0.4 is 10.2 Å². The highest BCUT2D eigenvalue weighted by Crippen LogP contribution is 2.12. The van der Waals surface area contributed by atoms with Crippen LogP contribution in [0.5, 0.6) is 5.75 Å². The maximum atomic E-state index is 12.3. The molecule has 0 saturated carbocycles. The Balaban J connectivity index is 1.87. The van der Waals surface area contributed by atoms with Crippen molar-refractivity contribution in [1.82, 2.24) is 10.4 Å². The fourth-order valence-corrected chi connectivity index (χ4v) is 2.28. The summed E-state index contributed by atoms with van der Waals surface area (Å²) in [5, 5.41) is 4.31.